The van der Waals surface area contributed by atoms with E-state index >= 15 is 0 Å². The molecule has 1 aromatic carbocycles. The van der Waals surface area contributed by atoms with Crippen LogP contribution in [0.1, 0.15) is 12.5 Å². The first-order chi connectivity index (χ1) is 9.13. The van der Waals surface area contributed by atoms with Gasteiger partial charge in [0.1, 0.15) is 6.54 Å². The molecule has 1 aromatic rings. The monoisotopic (exact) mass is 262 g/mol. The van der Waals surface area contributed by atoms with Crippen LogP contribution in [-0.2, 0) is 16.0 Å². The predicted molar refractivity (Wildman–Crippen MR) is 72.2 cm³/mol. The number of carbonyl (C=O) groups is 2. The third kappa shape index (κ3) is 2.86. The molecule has 2 rings (SSSR count). The molecule has 0 spiro atoms. The Kier molecular flexibility index (Phi) is 4.04. The lowest BCUT2D eigenvalue weighted by Gasteiger charge is -2.24. The fourth-order valence-electron chi connectivity index (χ4n) is 2.21. The van der Waals surface area contributed by atoms with Gasteiger partial charge in [0.25, 0.3) is 0 Å². The lowest BCUT2D eigenvalue weighted by molar-refractivity contribution is -0.143. The zero-order valence-corrected chi connectivity index (χ0v) is 11.3. The summed E-state index contributed by atoms with van der Waals surface area (Å²) in [5.41, 5.74) is 2.10. The van der Waals surface area contributed by atoms with E-state index in [0.29, 0.717) is 13.2 Å². The van der Waals surface area contributed by atoms with Crippen molar-refractivity contribution in [3.8, 4) is 0 Å². The number of amides is 2. The van der Waals surface area contributed by atoms with Crippen LogP contribution >= 0.6 is 0 Å². The smallest absolute Gasteiger partial charge is 0.325 e. The number of urea groups is 1. The number of hydrogen-bond acceptors (Lipinski definition) is 3. The van der Waals surface area contributed by atoms with Crippen molar-refractivity contribution < 1.29 is 14.3 Å². The topological polar surface area (TPSA) is 49.9 Å². The van der Waals surface area contributed by atoms with Crippen LogP contribution in [0.5, 0.6) is 0 Å². The second-order valence-electron chi connectivity index (χ2n) is 4.47. The summed E-state index contributed by atoms with van der Waals surface area (Å²) in [4.78, 5) is 26.8. The van der Waals surface area contributed by atoms with Crippen molar-refractivity contribution >= 4 is 17.7 Å². The molecular weight excluding hydrogens is 244 g/mol. The first kappa shape index (κ1) is 13.4. The van der Waals surface area contributed by atoms with E-state index in [4.69, 9.17) is 4.74 Å². The molecule has 19 heavy (non-hydrogen) atoms. The maximum atomic E-state index is 12.3. The van der Waals surface area contributed by atoms with Crippen molar-refractivity contribution in [3.05, 3.63) is 29.8 Å². The number of anilines is 1. The zero-order chi connectivity index (χ0) is 13.8. The van der Waals surface area contributed by atoms with Gasteiger partial charge in [-0.3, -0.25) is 9.69 Å². The van der Waals surface area contributed by atoms with Gasteiger partial charge in [-0.15, -0.1) is 0 Å². The fraction of sp³-hybridized carbons (Fsp3) is 0.429. The number of fused-ring (bicyclic) bond motifs is 1. The normalized spacial score (nSPS) is 13.1. The number of likely N-dealkylation sites (N-methyl/N-ethyl adjacent to an activating group) is 1. The van der Waals surface area contributed by atoms with E-state index in [2.05, 4.69) is 0 Å². The molecule has 0 aliphatic carbocycles. The average molecular weight is 262 g/mol. The molecular formula is C14H18N2O3. The van der Waals surface area contributed by atoms with Gasteiger partial charge in [0, 0.05) is 19.3 Å². The summed E-state index contributed by atoms with van der Waals surface area (Å²) in [7, 11) is 1.61. The van der Waals surface area contributed by atoms with Crippen molar-refractivity contribution in [1.82, 2.24) is 4.90 Å². The zero-order valence-electron chi connectivity index (χ0n) is 11.3. The number of para-hydroxylation sites is 1. The third-order valence-electron chi connectivity index (χ3n) is 3.12. The summed E-state index contributed by atoms with van der Waals surface area (Å²) >= 11 is 0. The number of nitrogens with zero attached hydrogens (tertiary/aromatic N) is 2. The molecule has 5 nitrogen and oxygen atoms in total. The summed E-state index contributed by atoms with van der Waals surface area (Å²) in [5, 5.41) is 0. The molecule has 0 N–H and O–H groups in total. The van der Waals surface area contributed by atoms with Crippen molar-refractivity contribution in [1.29, 1.82) is 0 Å². The number of esters is 1. The average Bonchev–Trinajstić information content (AvgIpc) is 2.81. The third-order valence-corrected chi connectivity index (χ3v) is 3.12. The SMILES string of the molecule is CCOC(=O)CN(C)C(=O)N1CCc2ccccc21. The van der Waals surface area contributed by atoms with Crippen LogP contribution < -0.4 is 4.90 Å². The molecule has 0 saturated heterocycles. The van der Waals surface area contributed by atoms with Crippen LogP contribution in [0.15, 0.2) is 24.3 Å². The van der Waals surface area contributed by atoms with Gasteiger partial charge in [-0.25, -0.2) is 4.79 Å². The van der Waals surface area contributed by atoms with Gasteiger partial charge in [-0.1, -0.05) is 18.2 Å². The maximum absolute atomic E-state index is 12.3. The van der Waals surface area contributed by atoms with Crippen LogP contribution in [0.2, 0.25) is 0 Å². The minimum Gasteiger partial charge on any atom is -0.465 e. The molecule has 0 fully saturated rings. The van der Waals surface area contributed by atoms with Gasteiger partial charge in [0.05, 0.1) is 6.61 Å². The van der Waals surface area contributed by atoms with Crippen LogP contribution in [0.4, 0.5) is 10.5 Å². The van der Waals surface area contributed by atoms with Crippen molar-refractivity contribution in [2.75, 3.05) is 31.6 Å². The molecule has 2 amide bonds. The van der Waals surface area contributed by atoms with Gasteiger partial charge >= 0.3 is 12.0 Å². The molecule has 0 unspecified atom stereocenters. The van der Waals surface area contributed by atoms with Crippen molar-refractivity contribution in [2.45, 2.75) is 13.3 Å². The Morgan fingerprint density at radius 1 is 1.37 bits per heavy atom. The molecule has 0 radical (unpaired) electrons. The highest BCUT2D eigenvalue weighted by Gasteiger charge is 2.27. The molecule has 1 heterocycles. The quantitative estimate of drug-likeness (QED) is 0.778. The molecule has 0 aromatic heterocycles. The minimum absolute atomic E-state index is 0.0225. The highest BCUT2D eigenvalue weighted by molar-refractivity contribution is 5.95. The molecule has 1 aliphatic rings. The Balaban J connectivity index is 2.03. The summed E-state index contributed by atoms with van der Waals surface area (Å²) in [6.07, 6.45) is 0.856. The number of benzene rings is 1. The summed E-state index contributed by atoms with van der Waals surface area (Å²) in [5.74, 6) is -0.383. The molecule has 102 valence electrons. The largest absolute Gasteiger partial charge is 0.465 e. The summed E-state index contributed by atoms with van der Waals surface area (Å²) < 4.78 is 4.84. The molecule has 0 saturated carbocycles. The van der Waals surface area contributed by atoms with Gasteiger partial charge in [-0.05, 0) is 25.0 Å². The van der Waals surface area contributed by atoms with Crippen LogP contribution in [-0.4, -0.2) is 43.6 Å². The number of ether oxygens (including phenoxy) is 1. The highest BCUT2D eigenvalue weighted by Crippen LogP contribution is 2.28. The van der Waals surface area contributed by atoms with Crippen LogP contribution in [0.3, 0.4) is 0 Å². The van der Waals surface area contributed by atoms with E-state index < -0.39 is 0 Å². The van der Waals surface area contributed by atoms with Crippen LogP contribution in [0, 0.1) is 0 Å². The Hall–Kier alpha value is -2.04. The Bertz CT molecular complexity index is 487. The number of hydrogen-bond donors (Lipinski definition) is 0. The van der Waals surface area contributed by atoms with Crippen molar-refractivity contribution in [2.24, 2.45) is 0 Å². The van der Waals surface area contributed by atoms with E-state index in [0.717, 1.165) is 12.1 Å². The molecule has 5 heteroatoms. The van der Waals surface area contributed by atoms with E-state index in [1.165, 1.54) is 10.5 Å². The first-order valence-electron chi connectivity index (χ1n) is 6.39. The van der Waals surface area contributed by atoms with Gasteiger partial charge < -0.3 is 9.64 Å². The number of carbonyl (C=O) groups excluding carboxylic acids is 2. The molecule has 1 aliphatic heterocycles. The minimum atomic E-state index is -0.383. The van der Waals surface area contributed by atoms with E-state index in [9.17, 15) is 9.59 Å². The Morgan fingerprint density at radius 3 is 2.84 bits per heavy atom. The molecule has 0 bridgehead atoms. The van der Waals surface area contributed by atoms with Crippen LogP contribution in [0.25, 0.3) is 0 Å². The standard InChI is InChI=1S/C14H18N2O3/c1-3-19-13(17)10-15(2)14(18)16-9-8-11-6-4-5-7-12(11)16/h4-7H,3,8-10H2,1-2H3. The lowest BCUT2D eigenvalue weighted by Crippen LogP contribution is -2.43. The van der Waals surface area contributed by atoms with E-state index in [1.54, 1.807) is 18.9 Å². The first-order valence-corrected chi connectivity index (χ1v) is 6.39. The molecule has 0 atom stereocenters. The second-order valence-corrected chi connectivity index (χ2v) is 4.47. The van der Waals surface area contributed by atoms with E-state index in [1.807, 2.05) is 24.3 Å². The van der Waals surface area contributed by atoms with Gasteiger partial charge in [0.15, 0.2) is 0 Å². The maximum Gasteiger partial charge on any atom is 0.325 e. The summed E-state index contributed by atoms with van der Waals surface area (Å²) in [6.45, 7) is 2.71. The number of rotatable bonds is 3. The highest BCUT2D eigenvalue weighted by atomic mass is 16.5. The lowest BCUT2D eigenvalue weighted by atomic mass is 10.2. The second kappa shape index (κ2) is 5.73. The fourth-order valence-corrected chi connectivity index (χ4v) is 2.21. The van der Waals surface area contributed by atoms with E-state index in [-0.39, 0.29) is 18.5 Å². The predicted octanol–water partition coefficient (Wildman–Crippen LogP) is 1.66. The Morgan fingerprint density at radius 2 is 2.11 bits per heavy atom. The summed E-state index contributed by atoms with van der Waals surface area (Å²) in [6, 6.07) is 7.66. The van der Waals surface area contributed by atoms with Gasteiger partial charge in [0.2, 0.25) is 0 Å². The van der Waals surface area contributed by atoms with Crippen molar-refractivity contribution in [3.63, 3.8) is 0 Å². The Labute approximate surface area is 112 Å². The van der Waals surface area contributed by atoms with Gasteiger partial charge in [-0.2, -0.15) is 0 Å².